The fourth-order valence-corrected chi connectivity index (χ4v) is 1.59. The third kappa shape index (κ3) is 1.82. The van der Waals surface area contributed by atoms with Gasteiger partial charge in [0.25, 0.3) is 0 Å². The van der Waals surface area contributed by atoms with Gasteiger partial charge in [-0.2, -0.15) is 0 Å². The number of anilines is 2. The molecule has 0 saturated heterocycles. The summed E-state index contributed by atoms with van der Waals surface area (Å²) in [6, 6.07) is 7.95. The summed E-state index contributed by atoms with van der Waals surface area (Å²) in [7, 11) is 0. The van der Waals surface area contributed by atoms with E-state index in [0.717, 1.165) is 18.8 Å². The van der Waals surface area contributed by atoms with Crippen LogP contribution in [0.5, 0.6) is 0 Å². The van der Waals surface area contributed by atoms with Gasteiger partial charge in [-0.1, -0.05) is 0 Å². The van der Waals surface area contributed by atoms with Crippen molar-refractivity contribution in [2.45, 2.75) is 6.92 Å². The average molecular weight is 189 g/mol. The van der Waals surface area contributed by atoms with Crippen LogP contribution in [-0.2, 0) is 0 Å². The summed E-state index contributed by atoms with van der Waals surface area (Å²) in [5, 5.41) is 3.29. The van der Waals surface area contributed by atoms with Crippen molar-refractivity contribution < 1.29 is 0 Å². The summed E-state index contributed by atoms with van der Waals surface area (Å²) >= 11 is 0. The Kier molecular flexibility index (Phi) is 2.31. The molecule has 0 amide bonds. The lowest BCUT2D eigenvalue weighted by Gasteiger charge is -2.26. The van der Waals surface area contributed by atoms with Gasteiger partial charge in [0, 0.05) is 36.4 Å². The molecule has 1 aliphatic rings. The first kappa shape index (κ1) is 8.94. The Morgan fingerprint density at radius 2 is 2.00 bits per heavy atom. The monoisotopic (exact) mass is 189 g/mol. The van der Waals surface area contributed by atoms with E-state index in [2.05, 4.69) is 23.3 Å². The van der Waals surface area contributed by atoms with Crippen LogP contribution in [0.4, 0.5) is 11.4 Å². The molecule has 1 heterocycles. The van der Waals surface area contributed by atoms with Gasteiger partial charge in [-0.25, -0.2) is 0 Å². The van der Waals surface area contributed by atoms with Crippen molar-refractivity contribution in [3.05, 3.63) is 36.2 Å². The molecule has 0 bridgehead atoms. The first-order valence-corrected chi connectivity index (χ1v) is 4.80. The number of nitrogens with zero attached hydrogens (tertiary/aromatic N) is 1. The molecule has 0 spiro atoms. The maximum absolute atomic E-state index is 5.64. The minimum absolute atomic E-state index is 0.810. The Bertz CT molecular complexity index is 340. The van der Waals surface area contributed by atoms with Crippen LogP contribution in [-0.4, -0.2) is 13.1 Å². The minimum atomic E-state index is 0.810. The quantitative estimate of drug-likeness (QED) is 0.658. The van der Waals surface area contributed by atoms with Crippen molar-refractivity contribution in [3.8, 4) is 0 Å². The van der Waals surface area contributed by atoms with E-state index in [9.17, 15) is 0 Å². The predicted octanol–water partition coefficient (Wildman–Crippen LogP) is 1.54. The highest BCUT2D eigenvalue weighted by Crippen LogP contribution is 2.18. The van der Waals surface area contributed by atoms with Gasteiger partial charge in [-0.05, 0) is 31.2 Å². The van der Waals surface area contributed by atoms with Crippen LogP contribution < -0.4 is 16.0 Å². The van der Waals surface area contributed by atoms with E-state index in [-0.39, 0.29) is 0 Å². The number of rotatable bonds is 1. The number of allylic oxidation sites excluding steroid dienone is 1. The van der Waals surface area contributed by atoms with E-state index in [0.29, 0.717) is 0 Å². The first-order valence-electron chi connectivity index (χ1n) is 4.80. The van der Waals surface area contributed by atoms with Crippen LogP contribution >= 0.6 is 0 Å². The van der Waals surface area contributed by atoms with Gasteiger partial charge >= 0.3 is 0 Å². The van der Waals surface area contributed by atoms with Crippen molar-refractivity contribution in [2.24, 2.45) is 0 Å². The summed E-state index contributed by atoms with van der Waals surface area (Å²) in [6.07, 6.45) is 2.12. The van der Waals surface area contributed by atoms with Crippen molar-refractivity contribution in [3.63, 3.8) is 0 Å². The van der Waals surface area contributed by atoms with Crippen molar-refractivity contribution in [1.29, 1.82) is 0 Å². The largest absolute Gasteiger partial charge is 0.399 e. The zero-order valence-corrected chi connectivity index (χ0v) is 8.33. The molecule has 0 atom stereocenters. The van der Waals surface area contributed by atoms with Crippen molar-refractivity contribution >= 4 is 11.4 Å². The Labute approximate surface area is 84.2 Å². The zero-order chi connectivity index (χ0) is 9.97. The number of nitrogens with two attached hydrogens (primary N) is 1. The molecule has 0 fully saturated rings. The molecule has 0 saturated carbocycles. The summed E-state index contributed by atoms with van der Waals surface area (Å²) in [4.78, 5) is 2.23. The maximum atomic E-state index is 5.64. The Morgan fingerprint density at radius 1 is 1.29 bits per heavy atom. The van der Waals surface area contributed by atoms with Crippen LogP contribution in [0.3, 0.4) is 0 Å². The van der Waals surface area contributed by atoms with Gasteiger partial charge < -0.3 is 16.0 Å². The van der Waals surface area contributed by atoms with E-state index in [4.69, 9.17) is 5.73 Å². The lowest BCUT2D eigenvalue weighted by Crippen LogP contribution is -2.33. The third-order valence-corrected chi connectivity index (χ3v) is 2.33. The van der Waals surface area contributed by atoms with E-state index in [1.165, 1.54) is 11.4 Å². The van der Waals surface area contributed by atoms with E-state index in [1.807, 2.05) is 24.3 Å². The van der Waals surface area contributed by atoms with Gasteiger partial charge in [-0.3, -0.25) is 0 Å². The fourth-order valence-electron chi connectivity index (χ4n) is 1.59. The molecule has 3 N–H and O–H groups in total. The standard InChI is InChI=1S/C11H15N3/c1-9-8-14(7-6-13-9)11-4-2-10(12)3-5-11/h2-5,8,13H,6-7,12H2,1H3. The van der Waals surface area contributed by atoms with Gasteiger partial charge in [0.05, 0.1) is 0 Å². The van der Waals surface area contributed by atoms with Gasteiger partial charge in [0.15, 0.2) is 0 Å². The Balaban J connectivity index is 2.22. The lowest BCUT2D eigenvalue weighted by molar-refractivity contribution is 0.732. The molecular formula is C11H15N3. The summed E-state index contributed by atoms with van der Waals surface area (Å²) < 4.78 is 0. The normalized spacial score (nSPS) is 16.1. The Hall–Kier alpha value is -1.64. The maximum Gasteiger partial charge on any atom is 0.0408 e. The van der Waals surface area contributed by atoms with Gasteiger partial charge in [-0.15, -0.1) is 0 Å². The third-order valence-electron chi connectivity index (χ3n) is 2.33. The number of nitrogen functional groups attached to an aromatic ring is 1. The molecule has 0 aliphatic carbocycles. The molecule has 0 unspecified atom stereocenters. The highest BCUT2D eigenvalue weighted by molar-refractivity contribution is 5.55. The fraction of sp³-hybridized carbons (Fsp3) is 0.273. The number of benzene rings is 1. The summed E-state index contributed by atoms with van der Waals surface area (Å²) in [5.41, 5.74) is 8.84. The molecule has 1 aromatic rings. The first-order chi connectivity index (χ1) is 6.75. The summed E-state index contributed by atoms with van der Waals surface area (Å²) in [5.74, 6) is 0. The van der Waals surface area contributed by atoms with Gasteiger partial charge in [0.1, 0.15) is 0 Å². The molecule has 3 nitrogen and oxygen atoms in total. The van der Waals surface area contributed by atoms with Crippen LogP contribution in [0.15, 0.2) is 36.2 Å². The van der Waals surface area contributed by atoms with Crippen LogP contribution in [0.2, 0.25) is 0 Å². The number of nitrogens with one attached hydrogen (secondary N) is 1. The highest BCUT2D eigenvalue weighted by Gasteiger charge is 2.07. The molecule has 3 heteroatoms. The van der Waals surface area contributed by atoms with Crippen LogP contribution in [0, 0.1) is 0 Å². The molecule has 0 radical (unpaired) electrons. The van der Waals surface area contributed by atoms with Crippen LogP contribution in [0.25, 0.3) is 0 Å². The van der Waals surface area contributed by atoms with Gasteiger partial charge in [0.2, 0.25) is 0 Å². The number of hydrogen-bond donors (Lipinski definition) is 2. The lowest BCUT2D eigenvalue weighted by atomic mass is 10.2. The van der Waals surface area contributed by atoms with Crippen molar-refractivity contribution in [2.75, 3.05) is 23.7 Å². The van der Waals surface area contributed by atoms with E-state index >= 15 is 0 Å². The second kappa shape index (κ2) is 3.62. The topological polar surface area (TPSA) is 41.3 Å². The SMILES string of the molecule is CC1=CN(c2ccc(N)cc2)CCN1. The average Bonchev–Trinajstić information content (AvgIpc) is 2.19. The van der Waals surface area contributed by atoms with Crippen LogP contribution in [0.1, 0.15) is 6.92 Å². The molecule has 2 rings (SSSR count). The van der Waals surface area contributed by atoms with E-state index in [1.54, 1.807) is 0 Å². The number of hydrogen-bond acceptors (Lipinski definition) is 3. The second-order valence-electron chi connectivity index (χ2n) is 3.52. The molecule has 14 heavy (non-hydrogen) atoms. The van der Waals surface area contributed by atoms with E-state index < -0.39 is 0 Å². The predicted molar refractivity (Wildman–Crippen MR) is 60.0 cm³/mol. The Morgan fingerprint density at radius 3 is 2.64 bits per heavy atom. The highest BCUT2D eigenvalue weighted by atomic mass is 15.2. The molecule has 0 aromatic heterocycles. The smallest absolute Gasteiger partial charge is 0.0408 e. The molecule has 74 valence electrons. The second-order valence-corrected chi connectivity index (χ2v) is 3.52. The molecule has 1 aromatic carbocycles. The van der Waals surface area contributed by atoms with Crippen molar-refractivity contribution in [1.82, 2.24) is 5.32 Å². The molecular weight excluding hydrogens is 174 g/mol. The molecule has 1 aliphatic heterocycles. The zero-order valence-electron chi connectivity index (χ0n) is 8.33. The minimum Gasteiger partial charge on any atom is -0.399 e. The summed E-state index contributed by atoms with van der Waals surface area (Å²) in [6.45, 7) is 4.07.